The van der Waals surface area contributed by atoms with Crippen molar-refractivity contribution in [1.29, 1.82) is 0 Å². The number of halogens is 1. The summed E-state index contributed by atoms with van der Waals surface area (Å²) in [6, 6.07) is 4.43. The first-order valence-corrected chi connectivity index (χ1v) is 7.37. The molecule has 0 spiro atoms. The predicted molar refractivity (Wildman–Crippen MR) is 77.7 cm³/mol. The molecule has 2 atom stereocenters. The maximum Gasteiger partial charge on any atom is 0.337 e. The monoisotopic (exact) mass is 309 g/mol. The summed E-state index contributed by atoms with van der Waals surface area (Å²) in [4.78, 5) is 23.5. The standard InChI is InChI=1S/C15H16ClNO4/c16-11-8-9(3-4-10(11)13(18)19)17-14(20)15-5-1-2-12(15)21-7-6-15/h3-4,8,12H,1-2,5-7H2,(H,17,20)(H,18,19)/t12-,15+/m1/s1. The Kier molecular flexibility index (Phi) is 3.63. The van der Waals surface area contributed by atoms with Crippen LogP contribution in [0.2, 0.25) is 5.02 Å². The van der Waals surface area contributed by atoms with Gasteiger partial charge in [-0.2, -0.15) is 0 Å². The maximum atomic E-state index is 12.6. The summed E-state index contributed by atoms with van der Waals surface area (Å²) in [7, 11) is 0. The fourth-order valence-corrected chi connectivity index (χ4v) is 3.61. The Bertz CT molecular complexity index is 591. The molecule has 1 amide bonds. The van der Waals surface area contributed by atoms with Gasteiger partial charge in [-0.1, -0.05) is 11.6 Å². The van der Waals surface area contributed by atoms with Gasteiger partial charge in [0.15, 0.2) is 0 Å². The average Bonchev–Trinajstić information content (AvgIpc) is 2.97. The molecule has 5 nitrogen and oxygen atoms in total. The summed E-state index contributed by atoms with van der Waals surface area (Å²) in [5.74, 6) is -1.14. The van der Waals surface area contributed by atoms with Crippen LogP contribution in [0.3, 0.4) is 0 Å². The van der Waals surface area contributed by atoms with Crippen molar-refractivity contribution in [1.82, 2.24) is 0 Å². The van der Waals surface area contributed by atoms with Crippen LogP contribution in [0.25, 0.3) is 0 Å². The van der Waals surface area contributed by atoms with Crippen LogP contribution >= 0.6 is 11.6 Å². The van der Waals surface area contributed by atoms with Crippen LogP contribution in [0, 0.1) is 5.41 Å². The number of hydrogen-bond acceptors (Lipinski definition) is 3. The van der Waals surface area contributed by atoms with Crippen molar-refractivity contribution < 1.29 is 19.4 Å². The second-order valence-electron chi connectivity index (χ2n) is 5.61. The van der Waals surface area contributed by atoms with Crippen LogP contribution in [0.1, 0.15) is 36.0 Å². The lowest BCUT2D eigenvalue weighted by Gasteiger charge is -2.26. The van der Waals surface area contributed by atoms with E-state index in [0.717, 1.165) is 25.7 Å². The third-order valence-corrected chi connectivity index (χ3v) is 4.80. The number of ether oxygens (including phenoxy) is 1. The molecular formula is C15H16ClNO4. The van der Waals surface area contributed by atoms with Crippen molar-refractivity contribution in [3.05, 3.63) is 28.8 Å². The zero-order chi connectivity index (χ0) is 15.0. The molecule has 0 aromatic heterocycles. The maximum absolute atomic E-state index is 12.6. The number of aromatic carboxylic acids is 1. The summed E-state index contributed by atoms with van der Waals surface area (Å²) in [5, 5.41) is 11.9. The lowest BCUT2D eigenvalue weighted by atomic mass is 9.82. The number of amides is 1. The van der Waals surface area contributed by atoms with Gasteiger partial charge in [-0.25, -0.2) is 4.79 Å². The number of hydrogen-bond donors (Lipinski definition) is 2. The Labute approximate surface area is 127 Å². The van der Waals surface area contributed by atoms with Gasteiger partial charge in [0, 0.05) is 12.3 Å². The molecule has 1 aromatic carbocycles. The van der Waals surface area contributed by atoms with E-state index < -0.39 is 11.4 Å². The van der Waals surface area contributed by atoms with E-state index in [1.807, 2.05) is 0 Å². The molecule has 2 aliphatic rings. The van der Waals surface area contributed by atoms with Crippen LogP contribution in [-0.4, -0.2) is 29.7 Å². The van der Waals surface area contributed by atoms with Crippen LogP contribution < -0.4 is 5.32 Å². The number of carbonyl (C=O) groups is 2. The zero-order valence-corrected chi connectivity index (χ0v) is 12.2. The number of nitrogens with one attached hydrogen (secondary N) is 1. The van der Waals surface area contributed by atoms with Crippen molar-refractivity contribution in [2.45, 2.75) is 31.8 Å². The molecular weight excluding hydrogens is 294 g/mol. The molecule has 21 heavy (non-hydrogen) atoms. The van der Waals surface area contributed by atoms with Gasteiger partial charge in [0.1, 0.15) is 0 Å². The fourth-order valence-electron chi connectivity index (χ4n) is 3.35. The minimum atomic E-state index is -1.09. The van der Waals surface area contributed by atoms with Gasteiger partial charge in [0.25, 0.3) is 0 Å². The number of fused-ring (bicyclic) bond motifs is 1. The highest BCUT2D eigenvalue weighted by Gasteiger charge is 2.52. The number of benzene rings is 1. The van der Waals surface area contributed by atoms with Crippen LogP contribution in [-0.2, 0) is 9.53 Å². The lowest BCUT2D eigenvalue weighted by Crippen LogP contribution is -2.39. The van der Waals surface area contributed by atoms with E-state index in [1.165, 1.54) is 12.1 Å². The first-order valence-electron chi connectivity index (χ1n) is 6.99. The van der Waals surface area contributed by atoms with E-state index >= 15 is 0 Å². The van der Waals surface area contributed by atoms with Crippen molar-refractivity contribution in [3.63, 3.8) is 0 Å². The Hall–Kier alpha value is -1.59. The Balaban J connectivity index is 1.79. The fraction of sp³-hybridized carbons (Fsp3) is 0.467. The third-order valence-electron chi connectivity index (χ3n) is 4.48. The highest BCUT2D eigenvalue weighted by atomic mass is 35.5. The highest BCUT2D eigenvalue weighted by molar-refractivity contribution is 6.33. The summed E-state index contributed by atoms with van der Waals surface area (Å²) in [6.45, 7) is 0.622. The van der Waals surface area contributed by atoms with E-state index in [9.17, 15) is 9.59 Å². The quantitative estimate of drug-likeness (QED) is 0.900. The summed E-state index contributed by atoms with van der Waals surface area (Å²) < 4.78 is 5.65. The van der Waals surface area contributed by atoms with Crippen LogP contribution in [0.15, 0.2) is 18.2 Å². The van der Waals surface area contributed by atoms with Gasteiger partial charge in [0.2, 0.25) is 5.91 Å². The van der Waals surface area contributed by atoms with Gasteiger partial charge >= 0.3 is 5.97 Å². The van der Waals surface area contributed by atoms with E-state index in [0.29, 0.717) is 12.3 Å². The second kappa shape index (κ2) is 5.31. The summed E-state index contributed by atoms with van der Waals surface area (Å²) >= 11 is 5.92. The molecule has 0 bridgehead atoms. The van der Waals surface area contributed by atoms with Crippen molar-refractivity contribution in [2.75, 3.05) is 11.9 Å². The highest BCUT2D eigenvalue weighted by Crippen LogP contribution is 2.48. The van der Waals surface area contributed by atoms with Crippen LogP contribution in [0.5, 0.6) is 0 Å². The molecule has 0 unspecified atom stereocenters. The smallest absolute Gasteiger partial charge is 0.337 e. The average molecular weight is 310 g/mol. The van der Waals surface area contributed by atoms with E-state index in [1.54, 1.807) is 6.07 Å². The van der Waals surface area contributed by atoms with E-state index in [2.05, 4.69) is 5.32 Å². The molecule has 1 aliphatic carbocycles. The first-order chi connectivity index (χ1) is 10.0. The van der Waals surface area contributed by atoms with E-state index in [-0.39, 0.29) is 22.6 Å². The summed E-state index contributed by atoms with van der Waals surface area (Å²) in [5.41, 5.74) is 0.107. The molecule has 1 aliphatic heterocycles. The number of carbonyl (C=O) groups excluding carboxylic acids is 1. The normalized spacial score (nSPS) is 27.4. The molecule has 2 fully saturated rings. The molecule has 3 rings (SSSR count). The molecule has 1 heterocycles. The zero-order valence-electron chi connectivity index (χ0n) is 11.4. The Morgan fingerprint density at radius 2 is 2.19 bits per heavy atom. The molecule has 1 saturated carbocycles. The SMILES string of the molecule is O=C(O)c1ccc(NC(=O)[C@]23CCC[C@H]2OCC3)cc1Cl. The van der Waals surface area contributed by atoms with Gasteiger partial charge in [-0.15, -0.1) is 0 Å². The minimum absolute atomic E-state index is 0.00580. The molecule has 0 radical (unpaired) electrons. The van der Waals surface area contributed by atoms with Gasteiger partial charge in [-0.05, 0) is 43.9 Å². The van der Waals surface area contributed by atoms with Gasteiger partial charge in [-0.3, -0.25) is 4.79 Å². The Morgan fingerprint density at radius 3 is 2.90 bits per heavy atom. The number of rotatable bonds is 3. The predicted octanol–water partition coefficient (Wildman–Crippen LogP) is 2.94. The van der Waals surface area contributed by atoms with Crippen molar-refractivity contribution in [3.8, 4) is 0 Å². The molecule has 1 aromatic rings. The largest absolute Gasteiger partial charge is 0.478 e. The lowest BCUT2D eigenvalue weighted by molar-refractivity contribution is -0.127. The topological polar surface area (TPSA) is 75.6 Å². The number of carboxylic acids is 1. The molecule has 112 valence electrons. The van der Waals surface area contributed by atoms with Crippen LogP contribution in [0.4, 0.5) is 5.69 Å². The van der Waals surface area contributed by atoms with E-state index in [4.69, 9.17) is 21.4 Å². The molecule has 6 heteroatoms. The second-order valence-corrected chi connectivity index (χ2v) is 6.02. The molecule has 2 N–H and O–H groups in total. The van der Waals surface area contributed by atoms with Gasteiger partial charge in [0.05, 0.1) is 22.1 Å². The minimum Gasteiger partial charge on any atom is -0.478 e. The van der Waals surface area contributed by atoms with Crippen molar-refractivity contribution in [2.24, 2.45) is 5.41 Å². The van der Waals surface area contributed by atoms with Gasteiger partial charge < -0.3 is 15.2 Å². The number of anilines is 1. The molecule has 1 saturated heterocycles. The third kappa shape index (κ3) is 2.40. The Morgan fingerprint density at radius 1 is 1.38 bits per heavy atom. The number of carboxylic acid groups (broad SMARTS) is 1. The summed E-state index contributed by atoms with van der Waals surface area (Å²) in [6.07, 6.45) is 3.50. The van der Waals surface area contributed by atoms with Crippen molar-refractivity contribution >= 4 is 29.2 Å². The first kappa shape index (κ1) is 14.4.